The fraction of sp³-hybridized carbons (Fsp3) is 0.250. The van der Waals surface area contributed by atoms with Gasteiger partial charge in [0.1, 0.15) is 0 Å². The monoisotopic (exact) mass is 419 g/mol. The number of hydrogen-bond donors (Lipinski definition) is 2. The predicted molar refractivity (Wildman–Crippen MR) is 105 cm³/mol. The molecule has 5 nitrogen and oxygen atoms in total. The lowest BCUT2D eigenvalue weighted by Crippen LogP contribution is -2.15. The van der Waals surface area contributed by atoms with Gasteiger partial charge >= 0.3 is 6.18 Å². The summed E-state index contributed by atoms with van der Waals surface area (Å²) in [6.07, 6.45) is -4.07. The predicted octanol–water partition coefficient (Wildman–Crippen LogP) is 5.02. The van der Waals surface area contributed by atoms with Crippen LogP contribution in [0.2, 0.25) is 0 Å². The van der Waals surface area contributed by atoms with E-state index in [2.05, 4.69) is 15.6 Å². The van der Waals surface area contributed by atoms with E-state index in [1.807, 2.05) is 0 Å². The van der Waals surface area contributed by atoms with Crippen LogP contribution < -0.4 is 10.6 Å². The first kappa shape index (κ1) is 19.4. The highest BCUT2D eigenvalue weighted by atomic mass is 32.1. The van der Waals surface area contributed by atoms with Crippen LogP contribution in [-0.2, 0) is 15.8 Å². The summed E-state index contributed by atoms with van der Waals surface area (Å²) in [6, 6.07) is 10.6. The third-order valence-electron chi connectivity index (χ3n) is 4.73. The molecule has 1 fully saturated rings. The van der Waals surface area contributed by atoms with E-state index in [0.29, 0.717) is 22.8 Å². The van der Waals surface area contributed by atoms with Gasteiger partial charge in [-0.2, -0.15) is 13.2 Å². The average molecular weight is 419 g/mol. The number of benzene rings is 2. The molecule has 0 aliphatic heterocycles. The van der Waals surface area contributed by atoms with Gasteiger partial charge in [0.2, 0.25) is 11.8 Å². The molecule has 0 bridgehead atoms. The van der Waals surface area contributed by atoms with E-state index in [9.17, 15) is 22.8 Å². The Kier molecular flexibility index (Phi) is 4.77. The topological polar surface area (TPSA) is 71.1 Å². The second kappa shape index (κ2) is 7.14. The van der Waals surface area contributed by atoms with Crippen molar-refractivity contribution in [3.8, 4) is 0 Å². The maximum Gasteiger partial charge on any atom is 0.416 e. The number of rotatable bonds is 4. The third-order valence-corrected chi connectivity index (χ3v) is 5.67. The number of halogens is 3. The molecule has 4 rings (SSSR count). The Labute approximate surface area is 167 Å². The summed E-state index contributed by atoms with van der Waals surface area (Å²) in [6.45, 7) is 1.41. The lowest BCUT2D eigenvalue weighted by atomic mass is 10.0. The van der Waals surface area contributed by atoms with Crippen LogP contribution >= 0.6 is 11.3 Å². The minimum atomic E-state index is -4.45. The van der Waals surface area contributed by atoms with Gasteiger partial charge in [0.15, 0.2) is 5.13 Å². The van der Waals surface area contributed by atoms with E-state index in [0.717, 1.165) is 10.8 Å². The molecule has 0 radical (unpaired) electrons. The Morgan fingerprint density at radius 1 is 1.14 bits per heavy atom. The summed E-state index contributed by atoms with van der Waals surface area (Å²) in [5, 5.41) is 5.76. The van der Waals surface area contributed by atoms with Gasteiger partial charge in [0.25, 0.3) is 0 Å². The Hall–Kier alpha value is -2.94. The number of amides is 2. The van der Waals surface area contributed by atoms with Crippen LogP contribution in [0.4, 0.5) is 24.0 Å². The molecule has 3 aromatic rings. The molecule has 0 spiro atoms. The second-order valence-electron chi connectivity index (χ2n) is 6.91. The normalized spacial score (nSPS) is 18.5. The fourth-order valence-corrected chi connectivity index (χ4v) is 4.27. The summed E-state index contributed by atoms with van der Waals surface area (Å²) >= 11 is 1.24. The van der Waals surface area contributed by atoms with E-state index < -0.39 is 23.6 Å². The van der Waals surface area contributed by atoms with Crippen LogP contribution in [0.25, 0.3) is 10.2 Å². The Balaban J connectivity index is 1.48. The van der Waals surface area contributed by atoms with Crippen molar-refractivity contribution in [1.29, 1.82) is 0 Å². The van der Waals surface area contributed by atoms with Crippen LogP contribution in [0.5, 0.6) is 0 Å². The second-order valence-corrected chi connectivity index (χ2v) is 7.94. The van der Waals surface area contributed by atoms with Gasteiger partial charge in [0.05, 0.1) is 15.8 Å². The number of hydrogen-bond acceptors (Lipinski definition) is 4. The maximum atomic E-state index is 13.2. The lowest BCUT2D eigenvalue weighted by Gasteiger charge is -2.12. The maximum absolute atomic E-state index is 13.2. The number of alkyl halides is 3. The summed E-state index contributed by atoms with van der Waals surface area (Å²) in [4.78, 5) is 28.0. The third kappa shape index (κ3) is 4.09. The molecule has 1 aromatic heterocycles. The van der Waals surface area contributed by atoms with Gasteiger partial charge in [0, 0.05) is 18.5 Å². The number of thiazole rings is 1. The minimum Gasteiger partial charge on any atom is -0.326 e. The molecule has 2 aromatic carbocycles. The highest BCUT2D eigenvalue weighted by Crippen LogP contribution is 2.51. The molecule has 2 amide bonds. The van der Waals surface area contributed by atoms with Gasteiger partial charge < -0.3 is 10.6 Å². The molecule has 9 heteroatoms. The van der Waals surface area contributed by atoms with Crippen LogP contribution in [-0.4, -0.2) is 16.8 Å². The Bertz CT molecular complexity index is 1110. The van der Waals surface area contributed by atoms with Gasteiger partial charge in [-0.1, -0.05) is 29.5 Å². The minimum absolute atomic E-state index is 0.157. The van der Waals surface area contributed by atoms with Crippen molar-refractivity contribution in [2.24, 2.45) is 5.92 Å². The molecule has 150 valence electrons. The highest BCUT2D eigenvalue weighted by Gasteiger charge is 2.48. The molecule has 1 heterocycles. The zero-order valence-electron chi connectivity index (χ0n) is 15.2. The van der Waals surface area contributed by atoms with Gasteiger partial charge in [-0.15, -0.1) is 0 Å². The Morgan fingerprint density at radius 3 is 2.62 bits per heavy atom. The smallest absolute Gasteiger partial charge is 0.326 e. The molecular formula is C20H16F3N3O2S. The first-order chi connectivity index (χ1) is 13.7. The largest absolute Gasteiger partial charge is 0.416 e. The van der Waals surface area contributed by atoms with Crippen LogP contribution in [0, 0.1) is 5.92 Å². The van der Waals surface area contributed by atoms with Gasteiger partial charge in [-0.05, 0) is 42.2 Å². The number of anilines is 2. The fourth-order valence-electron chi connectivity index (χ4n) is 3.36. The van der Waals surface area contributed by atoms with Crippen molar-refractivity contribution in [3.63, 3.8) is 0 Å². The molecule has 0 saturated heterocycles. The number of nitrogens with zero attached hydrogens (tertiary/aromatic N) is 1. The Morgan fingerprint density at radius 2 is 1.90 bits per heavy atom. The zero-order valence-corrected chi connectivity index (χ0v) is 16.0. The van der Waals surface area contributed by atoms with Crippen molar-refractivity contribution in [3.05, 3.63) is 53.6 Å². The van der Waals surface area contributed by atoms with E-state index in [4.69, 9.17) is 0 Å². The van der Waals surface area contributed by atoms with E-state index in [1.165, 1.54) is 30.4 Å². The van der Waals surface area contributed by atoms with Crippen LogP contribution in [0.3, 0.4) is 0 Å². The van der Waals surface area contributed by atoms with Crippen LogP contribution in [0.15, 0.2) is 42.5 Å². The number of fused-ring (bicyclic) bond motifs is 1. The molecule has 1 aliphatic rings. The van der Waals surface area contributed by atoms with Gasteiger partial charge in [-0.25, -0.2) is 4.98 Å². The number of carbonyl (C=O) groups is 2. The summed E-state index contributed by atoms with van der Waals surface area (Å²) in [5.41, 5.74) is 0.752. The molecular weight excluding hydrogens is 403 g/mol. The summed E-state index contributed by atoms with van der Waals surface area (Å²) in [7, 11) is 0. The number of aromatic nitrogens is 1. The number of nitrogens with one attached hydrogen (secondary N) is 2. The summed E-state index contributed by atoms with van der Waals surface area (Å²) in [5.74, 6) is -1.50. The SMILES string of the molecule is CC(=O)Nc1ccc2nc(NC(=O)C3CC3c3ccccc3C(F)(F)F)sc2c1. The molecule has 1 aliphatic carbocycles. The van der Waals surface area contributed by atoms with Crippen molar-refractivity contribution >= 4 is 44.2 Å². The van der Waals surface area contributed by atoms with E-state index in [-0.39, 0.29) is 17.4 Å². The van der Waals surface area contributed by atoms with E-state index in [1.54, 1.807) is 24.3 Å². The first-order valence-corrected chi connectivity index (χ1v) is 9.69. The van der Waals surface area contributed by atoms with E-state index >= 15 is 0 Å². The lowest BCUT2D eigenvalue weighted by molar-refractivity contribution is -0.138. The molecule has 2 unspecified atom stereocenters. The molecule has 2 N–H and O–H groups in total. The van der Waals surface area contributed by atoms with Gasteiger partial charge in [-0.3, -0.25) is 9.59 Å². The van der Waals surface area contributed by atoms with Crippen molar-refractivity contribution in [1.82, 2.24) is 4.98 Å². The standard InChI is InChI=1S/C20H16F3N3O2S/c1-10(27)24-11-6-7-16-17(8-11)29-19(25-16)26-18(28)14-9-13(14)12-4-2-3-5-15(12)20(21,22)23/h2-8,13-14H,9H2,1H3,(H,24,27)(H,25,26,28). The molecule has 29 heavy (non-hydrogen) atoms. The number of carbonyl (C=O) groups excluding carboxylic acids is 2. The first-order valence-electron chi connectivity index (χ1n) is 8.87. The van der Waals surface area contributed by atoms with Crippen molar-refractivity contribution in [2.45, 2.75) is 25.4 Å². The summed E-state index contributed by atoms with van der Waals surface area (Å²) < 4.78 is 40.4. The molecule has 1 saturated carbocycles. The highest BCUT2D eigenvalue weighted by molar-refractivity contribution is 7.22. The van der Waals surface area contributed by atoms with Crippen molar-refractivity contribution in [2.75, 3.05) is 10.6 Å². The van der Waals surface area contributed by atoms with Crippen molar-refractivity contribution < 1.29 is 22.8 Å². The average Bonchev–Trinajstić information content (AvgIpc) is 3.35. The van der Waals surface area contributed by atoms with Crippen LogP contribution in [0.1, 0.15) is 30.4 Å². The molecule has 2 atom stereocenters. The quantitative estimate of drug-likeness (QED) is 0.624. The zero-order chi connectivity index (χ0) is 20.8.